The number of hydrogen-bond donors (Lipinski definition) is 1. The number of furan rings is 1. The standard InChI is InChI=1S/C18H17NO4S/c1-12(17-11-13-6-3-4-9-16(13)23-17)19-18(20)14-7-5-8-15(10-14)24(2,21)22/h3-12H,1-2H3,(H,19,20)/t12-/m1/s1. The lowest BCUT2D eigenvalue weighted by molar-refractivity contribution is 0.0935. The molecule has 3 rings (SSSR count). The summed E-state index contributed by atoms with van der Waals surface area (Å²) in [6.45, 7) is 1.82. The largest absolute Gasteiger partial charge is 0.459 e. The van der Waals surface area contributed by atoms with E-state index in [1.807, 2.05) is 37.3 Å². The molecule has 0 spiro atoms. The van der Waals surface area contributed by atoms with Crippen LogP contribution in [-0.4, -0.2) is 20.6 Å². The Morgan fingerprint density at radius 1 is 1.08 bits per heavy atom. The molecule has 0 unspecified atom stereocenters. The first-order valence-corrected chi connectivity index (χ1v) is 9.33. The van der Waals surface area contributed by atoms with Crippen LogP contribution in [-0.2, 0) is 9.84 Å². The van der Waals surface area contributed by atoms with Crippen molar-refractivity contribution in [2.45, 2.75) is 17.9 Å². The van der Waals surface area contributed by atoms with E-state index in [9.17, 15) is 13.2 Å². The van der Waals surface area contributed by atoms with Crippen molar-refractivity contribution in [3.63, 3.8) is 0 Å². The van der Waals surface area contributed by atoms with Gasteiger partial charge >= 0.3 is 0 Å². The summed E-state index contributed by atoms with van der Waals surface area (Å²) in [4.78, 5) is 12.5. The third-order valence-electron chi connectivity index (χ3n) is 3.74. The average molecular weight is 343 g/mol. The van der Waals surface area contributed by atoms with Crippen LogP contribution in [0.1, 0.15) is 29.1 Å². The first-order valence-electron chi connectivity index (χ1n) is 7.44. The molecule has 124 valence electrons. The zero-order valence-corrected chi connectivity index (χ0v) is 14.1. The van der Waals surface area contributed by atoms with Gasteiger partial charge in [-0.05, 0) is 37.3 Å². The van der Waals surface area contributed by atoms with E-state index >= 15 is 0 Å². The van der Waals surface area contributed by atoms with Gasteiger partial charge in [-0.15, -0.1) is 0 Å². The third kappa shape index (κ3) is 3.33. The minimum atomic E-state index is -3.36. The van der Waals surface area contributed by atoms with Gasteiger partial charge in [-0.25, -0.2) is 8.42 Å². The van der Waals surface area contributed by atoms with Gasteiger partial charge in [0.05, 0.1) is 10.9 Å². The highest BCUT2D eigenvalue weighted by molar-refractivity contribution is 7.90. The lowest BCUT2D eigenvalue weighted by Gasteiger charge is -2.12. The Morgan fingerprint density at radius 2 is 1.83 bits per heavy atom. The summed E-state index contributed by atoms with van der Waals surface area (Å²) in [5.74, 6) is 0.289. The van der Waals surface area contributed by atoms with Crippen LogP contribution in [0.2, 0.25) is 0 Å². The number of amides is 1. The Balaban J connectivity index is 1.81. The predicted octanol–water partition coefficient (Wildman–Crippen LogP) is 3.33. The van der Waals surface area contributed by atoms with Crippen LogP contribution >= 0.6 is 0 Å². The topological polar surface area (TPSA) is 76.4 Å². The molecular formula is C18H17NO4S. The maximum absolute atomic E-state index is 12.4. The minimum absolute atomic E-state index is 0.117. The van der Waals surface area contributed by atoms with E-state index < -0.39 is 9.84 Å². The molecule has 1 atom stereocenters. The fraction of sp³-hybridized carbons (Fsp3) is 0.167. The Kier molecular flexibility index (Phi) is 4.15. The quantitative estimate of drug-likeness (QED) is 0.788. The van der Waals surface area contributed by atoms with Crippen molar-refractivity contribution in [3.05, 3.63) is 65.9 Å². The van der Waals surface area contributed by atoms with E-state index in [-0.39, 0.29) is 16.8 Å². The number of benzene rings is 2. The van der Waals surface area contributed by atoms with Crippen LogP contribution in [0.25, 0.3) is 11.0 Å². The van der Waals surface area contributed by atoms with Crippen molar-refractivity contribution in [1.29, 1.82) is 0 Å². The Hall–Kier alpha value is -2.60. The van der Waals surface area contributed by atoms with E-state index in [1.54, 1.807) is 12.1 Å². The number of rotatable bonds is 4. The molecule has 2 aromatic carbocycles. The fourth-order valence-electron chi connectivity index (χ4n) is 2.43. The minimum Gasteiger partial charge on any atom is -0.459 e. The van der Waals surface area contributed by atoms with Crippen LogP contribution in [0.5, 0.6) is 0 Å². The molecule has 1 amide bonds. The molecular weight excluding hydrogens is 326 g/mol. The second-order valence-electron chi connectivity index (χ2n) is 5.68. The van der Waals surface area contributed by atoms with Crippen molar-refractivity contribution in [3.8, 4) is 0 Å². The van der Waals surface area contributed by atoms with Crippen LogP contribution < -0.4 is 5.32 Å². The van der Waals surface area contributed by atoms with Gasteiger partial charge < -0.3 is 9.73 Å². The smallest absolute Gasteiger partial charge is 0.251 e. The SMILES string of the molecule is C[C@@H](NC(=O)c1cccc(S(C)(=O)=O)c1)c1cc2ccccc2o1. The molecule has 1 heterocycles. The second kappa shape index (κ2) is 6.13. The van der Waals surface area contributed by atoms with Gasteiger partial charge in [0.15, 0.2) is 9.84 Å². The lowest BCUT2D eigenvalue weighted by Crippen LogP contribution is -2.26. The van der Waals surface area contributed by atoms with Crippen molar-refractivity contribution < 1.29 is 17.6 Å². The van der Waals surface area contributed by atoms with Crippen LogP contribution in [0.3, 0.4) is 0 Å². The summed E-state index contributed by atoms with van der Waals surface area (Å²) in [5, 5.41) is 3.79. The molecule has 0 aliphatic rings. The number of fused-ring (bicyclic) bond motifs is 1. The summed E-state index contributed by atoms with van der Waals surface area (Å²) in [5.41, 5.74) is 1.05. The van der Waals surface area contributed by atoms with E-state index in [2.05, 4.69) is 5.32 Å². The molecule has 24 heavy (non-hydrogen) atoms. The highest BCUT2D eigenvalue weighted by Gasteiger charge is 2.17. The van der Waals surface area contributed by atoms with Crippen molar-refractivity contribution in [2.75, 3.05) is 6.26 Å². The van der Waals surface area contributed by atoms with Gasteiger partial charge in [0.2, 0.25) is 0 Å². The van der Waals surface area contributed by atoms with Crippen LogP contribution in [0.15, 0.2) is 63.9 Å². The summed E-state index contributed by atoms with van der Waals surface area (Å²) in [7, 11) is -3.36. The van der Waals surface area contributed by atoms with Gasteiger partial charge in [0.25, 0.3) is 5.91 Å². The second-order valence-corrected chi connectivity index (χ2v) is 7.70. The Morgan fingerprint density at radius 3 is 2.54 bits per heavy atom. The number of carbonyl (C=O) groups is 1. The number of sulfone groups is 1. The molecule has 0 saturated carbocycles. The van der Waals surface area contributed by atoms with Gasteiger partial charge in [-0.2, -0.15) is 0 Å². The normalized spacial score (nSPS) is 12.9. The van der Waals surface area contributed by atoms with Crippen molar-refractivity contribution in [2.24, 2.45) is 0 Å². The third-order valence-corrected chi connectivity index (χ3v) is 4.85. The molecule has 3 aromatic rings. The number of para-hydroxylation sites is 1. The Bertz CT molecular complexity index is 972. The molecule has 0 saturated heterocycles. The molecule has 0 radical (unpaired) electrons. The summed E-state index contributed by atoms with van der Waals surface area (Å²) in [6, 6.07) is 15.1. The maximum atomic E-state index is 12.4. The van der Waals surface area contributed by atoms with Crippen LogP contribution in [0, 0.1) is 0 Å². The molecule has 6 heteroatoms. The molecule has 1 N–H and O–H groups in total. The molecule has 1 aromatic heterocycles. The predicted molar refractivity (Wildman–Crippen MR) is 91.6 cm³/mol. The van der Waals surface area contributed by atoms with E-state index in [0.29, 0.717) is 11.3 Å². The van der Waals surface area contributed by atoms with E-state index in [0.717, 1.165) is 17.2 Å². The monoisotopic (exact) mass is 343 g/mol. The van der Waals surface area contributed by atoms with Crippen molar-refractivity contribution >= 4 is 26.7 Å². The Labute approximate surface area is 140 Å². The first-order chi connectivity index (χ1) is 11.3. The highest BCUT2D eigenvalue weighted by Crippen LogP contribution is 2.24. The zero-order chi connectivity index (χ0) is 17.3. The number of hydrogen-bond acceptors (Lipinski definition) is 4. The molecule has 0 fully saturated rings. The summed E-state index contributed by atoms with van der Waals surface area (Å²) in [6.07, 6.45) is 1.11. The summed E-state index contributed by atoms with van der Waals surface area (Å²) >= 11 is 0. The lowest BCUT2D eigenvalue weighted by atomic mass is 10.1. The van der Waals surface area contributed by atoms with E-state index in [1.165, 1.54) is 12.1 Å². The first kappa shape index (κ1) is 16.3. The number of nitrogens with one attached hydrogen (secondary N) is 1. The van der Waals surface area contributed by atoms with Crippen LogP contribution in [0.4, 0.5) is 0 Å². The molecule has 0 bridgehead atoms. The van der Waals surface area contributed by atoms with Crippen molar-refractivity contribution in [1.82, 2.24) is 5.32 Å². The summed E-state index contributed by atoms with van der Waals surface area (Å²) < 4.78 is 28.9. The zero-order valence-electron chi connectivity index (χ0n) is 13.3. The average Bonchev–Trinajstić information content (AvgIpc) is 2.98. The molecule has 0 aliphatic carbocycles. The van der Waals surface area contributed by atoms with Gasteiger partial charge in [0.1, 0.15) is 11.3 Å². The van der Waals surface area contributed by atoms with Gasteiger partial charge in [-0.3, -0.25) is 4.79 Å². The van der Waals surface area contributed by atoms with Gasteiger partial charge in [-0.1, -0.05) is 24.3 Å². The molecule has 5 nitrogen and oxygen atoms in total. The fourth-order valence-corrected chi connectivity index (χ4v) is 3.10. The van der Waals surface area contributed by atoms with E-state index in [4.69, 9.17) is 4.42 Å². The maximum Gasteiger partial charge on any atom is 0.251 e. The number of carbonyl (C=O) groups excluding carboxylic acids is 1. The highest BCUT2D eigenvalue weighted by atomic mass is 32.2. The molecule has 0 aliphatic heterocycles. The van der Waals surface area contributed by atoms with Gasteiger partial charge in [0, 0.05) is 17.2 Å².